The Kier molecular flexibility index (Phi) is 4.34. The summed E-state index contributed by atoms with van der Waals surface area (Å²) in [4.78, 5) is 27.3. The third-order valence-electron chi connectivity index (χ3n) is 2.85. The molecular weight excluding hydrogens is 258 g/mol. The summed E-state index contributed by atoms with van der Waals surface area (Å²) in [7, 11) is 0. The van der Waals surface area contributed by atoms with Crippen molar-refractivity contribution in [1.82, 2.24) is 14.7 Å². The first-order valence-electron chi connectivity index (χ1n) is 6.50. The maximum Gasteiger partial charge on any atom is 0.307 e. The predicted molar refractivity (Wildman–Crippen MR) is 73.5 cm³/mol. The molecule has 0 unspecified atom stereocenters. The van der Waals surface area contributed by atoms with Crippen molar-refractivity contribution < 1.29 is 14.3 Å². The Hall–Kier alpha value is -2.37. The summed E-state index contributed by atoms with van der Waals surface area (Å²) in [5.74, 6) is -0.615. The molecular formula is C14H17N3O3. The van der Waals surface area contributed by atoms with Gasteiger partial charge in [0, 0.05) is 18.4 Å². The highest BCUT2D eigenvalue weighted by Crippen LogP contribution is 2.08. The van der Waals surface area contributed by atoms with Crippen LogP contribution in [0, 0.1) is 6.92 Å². The molecule has 20 heavy (non-hydrogen) atoms. The standard InChI is InChI=1S/C14H17N3O3/c1-3-20-13(18)7-8-15-14(19)11-9-17-10(2)5-4-6-12(17)16-11/h4-6,9H,3,7-8H2,1-2H3,(H,15,19). The number of aryl methyl sites for hydroxylation is 1. The molecule has 2 aromatic rings. The average Bonchev–Trinajstić information content (AvgIpc) is 2.84. The van der Waals surface area contributed by atoms with Gasteiger partial charge in [0.1, 0.15) is 11.3 Å². The molecule has 106 valence electrons. The number of pyridine rings is 1. The monoisotopic (exact) mass is 275 g/mol. The summed E-state index contributed by atoms with van der Waals surface area (Å²) < 4.78 is 6.63. The van der Waals surface area contributed by atoms with Crippen LogP contribution in [0.25, 0.3) is 5.65 Å². The number of amides is 1. The van der Waals surface area contributed by atoms with Crippen molar-refractivity contribution in [2.45, 2.75) is 20.3 Å². The minimum atomic E-state index is -0.321. The zero-order chi connectivity index (χ0) is 14.5. The van der Waals surface area contributed by atoms with Crippen molar-refractivity contribution in [3.05, 3.63) is 35.8 Å². The molecule has 1 amide bonds. The van der Waals surface area contributed by atoms with Gasteiger partial charge in [0.05, 0.1) is 13.0 Å². The highest BCUT2D eigenvalue weighted by Gasteiger charge is 2.11. The molecule has 2 aromatic heterocycles. The van der Waals surface area contributed by atoms with Gasteiger partial charge in [0.2, 0.25) is 0 Å². The van der Waals surface area contributed by atoms with Gasteiger partial charge in [-0.3, -0.25) is 9.59 Å². The average molecular weight is 275 g/mol. The van der Waals surface area contributed by atoms with Gasteiger partial charge in [-0.05, 0) is 26.0 Å². The molecule has 0 radical (unpaired) electrons. The lowest BCUT2D eigenvalue weighted by Crippen LogP contribution is -2.26. The van der Waals surface area contributed by atoms with Crippen molar-refractivity contribution in [3.8, 4) is 0 Å². The number of carbonyl (C=O) groups is 2. The maximum absolute atomic E-state index is 11.9. The molecule has 2 heterocycles. The number of esters is 1. The number of hydrogen-bond donors (Lipinski definition) is 1. The molecule has 6 nitrogen and oxygen atoms in total. The largest absolute Gasteiger partial charge is 0.466 e. The number of nitrogens with one attached hydrogen (secondary N) is 1. The van der Waals surface area contributed by atoms with E-state index in [2.05, 4.69) is 10.3 Å². The molecule has 0 saturated heterocycles. The zero-order valence-electron chi connectivity index (χ0n) is 11.5. The van der Waals surface area contributed by atoms with E-state index >= 15 is 0 Å². The number of aromatic nitrogens is 2. The fraction of sp³-hybridized carbons (Fsp3) is 0.357. The van der Waals surface area contributed by atoms with Crippen LogP contribution in [0.5, 0.6) is 0 Å². The highest BCUT2D eigenvalue weighted by atomic mass is 16.5. The molecule has 0 fully saturated rings. The quantitative estimate of drug-likeness (QED) is 0.835. The van der Waals surface area contributed by atoms with Crippen LogP contribution in [-0.4, -0.2) is 34.4 Å². The molecule has 0 saturated carbocycles. The second-order valence-electron chi connectivity index (χ2n) is 4.33. The second kappa shape index (κ2) is 6.18. The lowest BCUT2D eigenvalue weighted by atomic mass is 10.4. The van der Waals surface area contributed by atoms with Gasteiger partial charge in [-0.1, -0.05) is 6.07 Å². The predicted octanol–water partition coefficient (Wildman–Crippen LogP) is 1.33. The summed E-state index contributed by atoms with van der Waals surface area (Å²) >= 11 is 0. The molecule has 1 N–H and O–H groups in total. The number of rotatable bonds is 5. The summed E-state index contributed by atoms with van der Waals surface area (Å²) in [5.41, 5.74) is 2.06. The normalized spacial score (nSPS) is 10.5. The summed E-state index contributed by atoms with van der Waals surface area (Å²) in [6.45, 7) is 4.27. The Morgan fingerprint density at radius 3 is 2.90 bits per heavy atom. The van der Waals surface area contributed by atoms with Crippen LogP contribution in [0.3, 0.4) is 0 Å². The maximum atomic E-state index is 11.9. The fourth-order valence-corrected chi connectivity index (χ4v) is 1.86. The number of hydrogen-bond acceptors (Lipinski definition) is 4. The smallest absolute Gasteiger partial charge is 0.307 e. The molecule has 6 heteroatoms. The van der Waals surface area contributed by atoms with Crippen molar-refractivity contribution in [3.63, 3.8) is 0 Å². The number of fused-ring (bicyclic) bond motifs is 1. The van der Waals surface area contributed by atoms with Gasteiger partial charge in [-0.15, -0.1) is 0 Å². The van der Waals surface area contributed by atoms with E-state index < -0.39 is 0 Å². The van der Waals surface area contributed by atoms with E-state index in [0.29, 0.717) is 12.3 Å². The van der Waals surface area contributed by atoms with E-state index in [-0.39, 0.29) is 24.8 Å². The van der Waals surface area contributed by atoms with Crippen LogP contribution < -0.4 is 5.32 Å². The Morgan fingerprint density at radius 2 is 2.20 bits per heavy atom. The van der Waals surface area contributed by atoms with E-state index in [1.54, 1.807) is 13.1 Å². The summed E-state index contributed by atoms with van der Waals surface area (Å²) in [6, 6.07) is 5.67. The van der Waals surface area contributed by atoms with Crippen molar-refractivity contribution in [1.29, 1.82) is 0 Å². The first kappa shape index (κ1) is 14.0. The number of carbonyl (C=O) groups excluding carboxylic acids is 2. The number of ether oxygens (including phenoxy) is 1. The second-order valence-corrected chi connectivity index (χ2v) is 4.33. The number of nitrogens with zero attached hydrogens (tertiary/aromatic N) is 2. The first-order chi connectivity index (χ1) is 9.61. The van der Waals surface area contributed by atoms with Crippen LogP contribution >= 0.6 is 0 Å². The Bertz CT molecular complexity index is 634. The van der Waals surface area contributed by atoms with Gasteiger partial charge in [-0.25, -0.2) is 4.98 Å². The lowest BCUT2D eigenvalue weighted by Gasteiger charge is -2.02. The lowest BCUT2D eigenvalue weighted by molar-refractivity contribution is -0.142. The van der Waals surface area contributed by atoms with E-state index in [1.807, 2.05) is 29.5 Å². The van der Waals surface area contributed by atoms with Gasteiger partial charge >= 0.3 is 5.97 Å². The molecule has 0 aliphatic carbocycles. The summed E-state index contributed by atoms with van der Waals surface area (Å²) in [6.07, 6.45) is 1.84. The Labute approximate surface area is 116 Å². The molecule has 0 atom stereocenters. The highest BCUT2D eigenvalue weighted by molar-refractivity contribution is 5.93. The van der Waals surface area contributed by atoms with Crippen molar-refractivity contribution >= 4 is 17.5 Å². The fourth-order valence-electron chi connectivity index (χ4n) is 1.86. The van der Waals surface area contributed by atoms with Crippen LogP contribution in [0.15, 0.2) is 24.4 Å². The Morgan fingerprint density at radius 1 is 1.40 bits per heavy atom. The van der Waals surface area contributed by atoms with Gasteiger partial charge in [-0.2, -0.15) is 0 Å². The molecule has 0 aliphatic rings. The summed E-state index contributed by atoms with van der Waals surface area (Å²) in [5, 5.41) is 2.65. The van der Waals surface area contributed by atoms with Gasteiger partial charge in [0.15, 0.2) is 0 Å². The molecule has 0 aromatic carbocycles. The SMILES string of the molecule is CCOC(=O)CCNC(=O)c1cn2c(C)cccc2n1. The first-order valence-corrected chi connectivity index (χ1v) is 6.50. The van der Waals surface area contributed by atoms with Crippen LogP contribution in [-0.2, 0) is 9.53 Å². The van der Waals surface area contributed by atoms with Crippen molar-refractivity contribution in [2.24, 2.45) is 0 Å². The molecule has 0 aliphatic heterocycles. The van der Waals surface area contributed by atoms with Crippen LogP contribution in [0.4, 0.5) is 0 Å². The van der Waals surface area contributed by atoms with E-state index in [9.17, 15) is 9.59 Å². The minimum absolute atomic E-state index is 0.159. The third-order valence-corrected chi connectivity index (χ3v) is 2.85. The molecule has 2 rings (SSSR count). The minimum Gasteiger partial charge on any atom is -0.466 e. The Balaban J connectivity index is 1.98. The van der Waals surface area contributed by atoms with E-state index in [0.717, 1.165) is 11.3 Å². The van der Waals surface area contributed by atoms with Crippen LogP contribution in [0.1, 0.15) is 29.5 Å². The van der Waals surface area contributed by atoms with Crippen molar-refractivity contribution in [2.75, 3.05) is 13.2 Å². The zero-order valence-corrected chi connectivity index (χ0v) is 11.5. The van der Waals surface area contributed by atoms with E-state index in [1.165, 1.54) is 0 Å². The number of imidazole rings is 1. The van der Waals surface area contributed by atoms with Gasteiger partial charge < -0.3 is 14.5 Å². The third kappa shape index (κ3) is 3.14. The van der Waals surface area contributed by atoms with Crippen LogP contribution in [0.2, 0.25) is 0 Å². The molecule has 0 spiro atoms. The van der Waals surface area contributed by atoms with Gasteiger partial charge in [0.25, 0.3) is 5.91 Å². The van der Waals surface area contributed by atoms with E-state index in [4.69, 9.17) is 4.74 Å². The molecule has 0 bridgehead atoms. The topological polar surface area (TPSA) is 72.7 Å².